The fraction of sp³-hybridized carbons (Fsp3) is 0.708. The Kier molecular flexibility index (Phi) is 6.22. The number of thioether (sulfide) groups is 1. The van der Waals surface area contributed by atoms with Gasteiger partial charge in [0.25, 0.3) is 5.56 Å². The second-order valence-corrected chi connectivity index (χ2v) is 12.2. The van der Waals surface area contributed by atoms with E-state index in [9.17, 15) is 14.4 Å². The van der Waals surface area contributed by atoms with Gasteiger partial charge in [-0.1, -0.05) is 39.0 Å². The first-order valence-corrected chi connectivity index (χ1v) is 12.7. The zero-order valence-electron chi connectivity index (χ0n) is 20.6. The maximum absolute atomic E-state index is 13.1. The summed E-state index contributed by atoms with van der Waals surface area (Å²) in [7, 11) is 3.05. The molecule has 0 spiro atoms. The van der Waals surface area contributed by atoms with E-state index in [1.165, 1.54) is 49.1 Å². The molecular weight excluding hydrogens is 438 g/mol. The number of fused-ring (bicyclic) bond motifs is 3. The molecule has 0 aliphatic heterocycles. The van der Waals surface area contributed by atoms with Crippen LogP contribution in [0.5, 0.6) is 0 Å². The molecule has 2 heterocycles. The van der Waals surface area contributed by atoms with E-state index in [0.29, 0.717) is 22.4 Å². The lowest BCUT2D eigenvalue weighted by Gasteiger charge is -2.29. The smallest absolute Gasteiger partial charge is 0.332 e. The maximum Gasteiger partial charge on any atom is 0.332 e. The minimum atomic E-state index is -0.445. The fourth-order valence-corrected chi connectivity index (χ4v) is 6.37. The molecule has 180 valence electrons. The van der Waals surface area contributed by atoms with Crippen molar-refractivity contribution < 1.29 is 4.79 Å². The number of aryl methyl sites for hydroxylation is 1. The predicted octanol–water partition coefficient (Wildman–Crippen LogP) is 2.75. The summed E-state index contributed by atoms with van der Waals surface area (Å²) in [5, 5.41) is 3.50. The van der Waals surface area contributed by atoms with E-state index in [4.69, 9.17) is 4.98 Å². The molecule has 4 rings (SSSR count). The van der Waals surface area contributed by atoms with Crippen LogP contribution in [0.15, 0.2) is 14.6 Å². The number of nitrogens with zero attached hydrogens (tertiary/aromatic N) is 4. The van der Waals surface area contributed by atoms with Gasteiger partial charge < -0.3 is 5.32 Å². The number of hydrogen-bond acceptors (Lipinski definition) is 6. The molecule has 8 nitrogen and oxygen atoms in total. The monoisotopic (exact) mass is 473 g/mol. The highest BCUT2D eigenvalue weighted by Crippen LogP contribution is 2.49. The van der Waals surface area contributed by atoms with Gasteiger partial charge >= 0.3 is 5.69 Å². The number of rotatable bonds is 5. The molecule has 2 bridgehead atoms. The lowest BCUT2D eigenvalue weighted by molar-refractivity contribution is -0.121. The molecule has 2 aromatic rings. The highest BCUT2D eigenvalue weighted by Gasteiger charge is 2.42. The van der Waals surface area contributed by atoms with Crippen LogP contribution in [0.2, 0.25) is 0 Å². The summed E-state index contributed by atoms with van der Waals surface area (Å²) >= 11 is 1.26. The second-order valence-electron chi connectivity index (χ2n) is 10.9. The third-order valence-corrected chi connectivity index (χ3v) is 8.49. The standard InChI is InChI=1S/C24H35N5O3S/c1-12(16-11-14-8-9-15(16)10-14)25-19(30)13(2)33-20-17-18(26-22(27-20)24(3,4)5)28(6)23(32)29(7)21(17)31/h12-16H,8-11H2,1-7H3,(H,25,30)/t12-,13+,14+,15+,16-/m1/s1. The molecule has 9 heteroatoms. The number of amides is 1. The summed E-state index contributed by atoms with van der Waals surface area (Å²) in [4.78, 5) is 47.9. The van der Waals surface area contributed by atoms with Crippen LogP contribution in [0.3, 0.4) is 0 Å². The molecule has 0 aromatic carbocycles. The van der Waals surface area contributed by atoms with Crippen LogP contribution in [0.25, 0.3) is 11.0 Å². The Morgan fingerprint density at radius 3 is 2.36 bits per heavy atom. The van der Waals surface area contributed by atoms with E-state index < -0.39 is 16.5 Å². The molecule has 2 saturated carbocycles. The average molecular weight is 474 g/mol. The molecule has 2 aromatic heterocycles. The van der Waals surface area contributed by atoms with Crippen LogP contribution in [0.4, 0.5) is 0 Å². The van der Waals surface area contributed by atoms with Crippen LogP contribution >= 0.6 is 11.8 Å². The van der Waals surface area contributed by atoms with E-state index in [1.807, 2.05) is 27.7 Å². The van der Waals surface area contributed by atoms with Crippen molar-refractivity contribution >= 4 is 28.7 Å². The van der Waals surface area contributed by atoms with E-state index in [0.717, 1.165) is 16.4 Å². The Morgan fingerprint density at radius 2 is 1.79 bits per heavy atom. The molecule has 2 aliphatic rings. The molecular formula is C24H35N5O3S. The third kappa shape index (κ3) is 4.36. The Balaban J connectivity index is 1.65. The van der Waals surface area contributed by atoms with Gasteiger partial charge in [-0.2, -0.15) is 0 Å². The van der Waals surface area contributed by atoms with Crippen molar-refractivity contribution in [1.82, 2.24) is 24.4 Å². The predicted molar refractivity (Wildman–Crippen MR) is 131 cm³/mol. The van der Waals surface area contributed by atoms with Gasteiger partial charge in [0.1, 0.15) is 16.2 Å². The highest BCUT2D eigenvalue weighted by atomic mass is 32.2. The SMILES string of the molecule is C[C@H](Sc1nc(C(C)(C)C)nc2c1c(=O)n(C)c(=O)n2C)C(=O)N[C@H](C)[C@H]1C[C@H]2CC[C@H]1C2. The van der Waals surface area contributed by atoms with Crippen LogP contribution in [0.1, 0.15) is 66.1 Å². The normalized spacial score (nSPS) is 24.3. The first kappa shape index (κ1) is 24.0. The summed E-state index contributed by atoms with van der Waals surface area (Å²) in [5.74, 6) is 2.60. The largest absolute Gasteiger partial charge is 0.352 e. The Hall–Kier alpha value is -2.16. The average Bonchev–Trinajstić information content (AvgIpc) is 3.38. The summed E-state index contributed by atoms with van der Waals surface area (Å²) in [6, 6.07) is 0.136. The number of hydrogen-bond donors (Lipinski definition) is 1. The summed E-state index contributed by atoms with van der Waals surface area (Å²) in [6.45, 7) is 9.90. The van der Waals surface area contributed by atoms with Crippen LogP contribution in [-0.4, -0.2) is 36.3 Å². The van der Waals surface area contributed by atoms with Gasteiger partial charge in [0, 0.05) is 25.6 Å². The molecule has 1 amide bonds. The number of carbonyl (C=O) groups excluding carboxylic acids is 1. The molecule has 0 unspecified atom stereocenters. The van der Waals surface area contributed by atoms with Crippen molar-refractivity contribution in [2.75, 3.05) is 0 Å². The van der Waals surface area contributed by atoms with Crippen LogP contribution in [0, 0.1) is 17.8 Å². The minimum absolute atomic E-state index is 0.0546. The molecule has 5 atom stereocenters. The summed E-state index contributed by atoms with van der Waals surface area (Å²) in [5.41, 5.74) is -0.970. The molecule has 0 radical (unpaired) electrons. The van der Waals surface area contributed by atoms with E-state index >= 15 is 0 Å². The van der Waals surface area contributed by atoms with Crippen LogP contribution < -0.4 is 16.6 Å². The maximum atomic E-state index is 13.1. The van der Waals surface area contributed by atoms with Gasteiger partial charge in [-0.3, -0.25) is 18.7 Å². The highest BCUT2D eigenvalue weighted by molar-refractivity contribution is 8.00. The van der Waals surface area contributed by atoms with Crippen molar-refractivity contribution in [2.24, 2.45) is 31.8 Å². The molecule has 0 saturated heterocycles. The lowest BCUT2D eigenvalue weighted by Crippen LogP contribution is -2.43. The zero-order chi connectivity index (χ0) is 24.2. The van der Waals surface area contributed by atoms with Gasteiger partial charge in [-0.05, 0) is 50.9 Å². The fourth-order valence-electron chi connectivity index (χ4n) is 5.43. The molecule has 2 aliphatic carbocycles. The van der Waals surface area contributed by atoms with Gasteiger partial charge in [0.15, 0.2) is 5.65 Å². The number of carbonyl (C=O) groups is 1. The minimum Gasteiger partial charge on any atom is -0.352 e. The van der Waals surface area contributed by atoms with E-state index in [1.54, 1.807) is 7.05 Å². The topological polar surface area (TPSA) is 98.9 Å². The van der Waals surface area contributed by atoms with Crippen molar-refractivity contribution in [3.63, 3.8) is 0 Å². The van der Waals surface area contributed by atoms with Crippen molar-refractivity contribution in [1.29, 1.82) is 0 Å². The Morgan fingerprint density at radius 1 is 1.09 bits per heavy atom. The number of aromatic nitrogens is 4. The first-order valence-electron chi connectivity index (χ1n) is 11.8. The first-order chi connectivity index (χ1) is 15.4. The molecule has 1 N–H and O–H groups in total. The molecule has 33 heavy (non-hydrogen) atoms. The van der Waals surface area contributed by atoms with Gasteiger partial charge in [-0.15, -0.1) is 0 Å². The quantitative estimate of drug-likeness (QED) is 0.530. The van der Waals surface area contributed by atoms with Crippen molar-refractivity contribution in [2.45, 2.75) is 82.0 Å². The summed E-state index contributed by atoms with van der Waals surface area (Å²) < 4.78 is 2.44. The Labute approximate surface area is 198 Å². The zero-order valence-corrected chi connectivity index (χ0v) is 21.5. The lowest BCUT2D eigenvalue weighted by atomic mass is 9.84. The van der Waals surface area contributed by atoms with Crippen molar-refractivity contribution in [3.8, 4) is 0 Å². The van der Waals surface area contributed by atoms with E-state index in [2.05, 4.69) is 17.2 Å². The van der Waals surface area contributed by atoms with E-state index in [-0.39, 0.29) is 22.8 Å². The van der Waals surface area contributed by atoms with Gasteiger partial charge in [0.2, 0.25) is 5.91 Å². The second kappa shape index (κ2) is 8.56. The van der Waals surface area contributed by atoms with Crippen LogP contribution in [-0.2, 0) is 24.3 Å². The van der Waals surface area contributed by atoms with Gasteiger partial charge in [-0.25, -0.2) is 14.8 Å². The Bertz CT molecular complexity index is 1210. The number of nitrogens with one attached hydrogen (secondary N) is 1. The third-order valence-electron chi connectivity index (χ3n) is 7.40. The van der Waals surface area contributed by atoms with Crippen molar-refractivity contribution in [3.05, 3.63) is 26.7 Å². The summed E-state index contributed by atoms with van der Waals surface area (Å²) in [6.07, 6.45) is 5.13. The van der Waals surface area contributed by atoms with Gasteiger partial charge in [0.05, 0.1) is 5.25 Å². The molecule has 2 fully saturated rings.